The van der Waals surface area contributed by atoms with Crippen molar-refractivity contribution in [2.24, 2.45) is 0 Å². The maximum atomic E-state index is 4.20. The van der Waals surface area contributed by atoms with Gasteiger partial charge in [-0.05, 0) is 29.0 Å². The number of anilines is 1. The summed E-state index contributed by atoms with van der Waals surface area (Å²) >= 11 is 2.30. The van der Waals surface area contributed by atoms with Crippen LogP contribution in [0.1, 0.15) is 6.42 Å². The van der Waals surface area contributed by atoms with Crippen molar-refractivity contribution >= 4 is 28.5 Å². The van der Waals surface area contributed by atoms with Gasteiger partial charge in [0.15, 0.2) is 0 Å². The molecule has 0 unspecified atom stereocenters. The predicted molar refractivity (Wildman–Crippen MR) is 48.1 cm³/mol. The smallest absolute Gasteiger partial charge is 0.203 e. The van der Waals surface area contributed by atoms with Gasteiger partial charge in [0.1, 0.15) is 3.70 Å². The normalized spacial score (nSPS) is 16.1. The van der Waals surface area contributed by atoms with Gasteiger partial charge in [-0.25, -0.2) is 4.98 Å². The Morgan fingerprint density at radius 1 is 1.70 bits per heavy atom. The summed E-state index contributed by atoms with van der Waals surface area (Å²) in [6, 6.07) is 0. The van der Waals surface area contributed by atoms with Crippen molar-refractivity contribution in [1.29, 1.82) is 0 Å². The van der Waals surface area contributed by atoms with Gasteiger partial charge in [0.2, 0.25) is 5.95 Å². The Balaban J connectivity index is 2.45. The van der Waals surface area contributed by atoms with Crippen LogP contribution in [0.4, 0.5) is 5.95 Å². The fraction of sp³-hybridized carbons (Fsp3) is 0.500. The molecule has 0 bridgehead atoms. The first kappa shape index (κ1) is 6.45. The molecule has 0 aliphatic carbocycles. The van der Waals surface area contributed by atoms with E-state index in [1.54, 1.807) is 0 Å². The zero-order valence-corrected chi connectivity index (χ0v) is 7.63. The average Bonchev–Trinajstić information content (AvgIpc) is 2.34. The maximum Gasteiger partial charge on any atom is 0.203 e. The molecule has 0 atom stereocenters. The van der Waals surface area contributed by atoms with Gasteiger partial charge in [0, 0.05) is 13.1 Å². The number of imidazole rings is 1. The number of hydrogen-bond acceptors (Lipinski definition) is 2. The minimum atomic E-state index is 1.02. The molecule has 0 saturated heterocycles. The molecule has 0 fully saturated rings. The lowest BCUT2D eigenvalue weighted by Crippen LogP contribution is -2.17. The van der Waals surface area contributed by atoms with Crippen molar-refractivity contribution in [2.45, 2.75) is 13.0 Å². The Labute approximate surface area is 73.0 Å². The van der Waals surface area contributed by atoms with Crippen molar-refractivity contribution in [1.82, 2.24) is 9.55 Å². The van der Waals surface area contributed by atoms with Crippen molar-refractivity contribution in [3.8, 4) is 0 Å². The monoisotopic (exact) mass is 249 g/mol. The van der Waals surface area contributed by atoms with Crippen LogP contribution in [-0.2, 0) is 6.54 Å². The largest absolute Gasteiger partial charge is 0.356 e. The van der Waals surface area contributed by atoms with Crippen LogP contribution in [0.5, 0.6) is 0 Å². The summed E-state index contributed by atoms with van der Waals surface area (Å²) in [7, 11) is 0. The maximum absolute atomic E-state index is 4.20. The summed E-state index contributed by atoms with van der Waals surface area (Å²) < 4.78 is 3.42. The molecule has 4 heteroatoms. The van der Waals surface area contributed by atoms with Crippen molar-refractivity contribution in [3.63, 3.8) is 0 Å². The molecule has 2 rings (SSSR count). The molecular formula is C6H8IN3. The third-order valence-electron chi connectivity index (χ3n) is 1.65. The first-order valence-corrected chi connectivity index (χ1v) is 4.41. The number of nitrogens with one attached hydrogen (secondary N) is 1. The summed E-state index contributed by atoms with van der Waals surface area (Å²) in [5, 5.41) is 3.23. The molecule has 0 spiro atoms. The fourth-order valence-electron chi connectivity index (χ4n) is 1.15. The van der Waals surface area contributed by atoms with Crippen LogP contribution in [-0.4, -0.2) is 16.1 Å². The number of hydrogen-bond donors (Lipinski definition) is 1. The number of halogens is 1. The van der Waals surface area contributed by atoms with E-state index >= 15 is 0 Å². The van der Waals surface area contributed by atoms with Crippen LogP contribution in [0, 0.1) is 3.70 Å². The van der Waals surface area contributed by atoms with E-state index in [9.17, 15) is 0 Å². The standard InChI is InChI=1S/C6H8IN3/c7-5-4-9-6-8-2-1-3-10(5)6/h4H,1-3H2,(H,8,9). The van der Waals surface area contributed by atoms with E-state index in [2.05, 4.69) is 37.5 Å². The summed E-state index contributed by atoms with van der Waals surface area (Å²) in [5.41, 5.74) is 0. The van der Waals surface area contributed by atoms with Gasteiger partial charge in [-0.3, -0.25) is 0 Å². The SMILES string of the molecule is Ic1cnc2n1CCCN2. The predicted octanol–water partition coefficient (Wildman–Crippen LogP) is 1.30. The van der Waals surface area contributed by atoms with Gasteiger partial charge < -0.3 is 9.88 Å². The van der Waals surface area contributed by atoms with Crippen LogP contribution in [0.3, 0.4) is 0 Å². The molecular weight excluding hydrogens is 241 g/mol. The topological polar surface area (TPSA) is 29.9 Å². The van der Waals surface area contributed by atoms with E-state index in [4.69, 9.17) is 0 Å². The highest BCUT2D eigenvalue weighted by atomic mass is 127. The molecule has 54 valence electrons. The van der Waals surface area contributed by atoms with Gasteiger partial charge in [-0.15, -0.1) is 0 Å². The van der Waals surface area contributed by atoms with Crippen molar-refractivity contribution in [2.75, 3.05) is 11.9 Å². The number of nitrogens with zero attached hydrogens (tertiary/aromatic N) is 2. The lowest BCUT2D eigenvalue weighted by Gasteiger charge is -2.15. The van der Waals surface area contributed by atoms with E-state index in [0.29, 0.717) is 0 Å². The summed E-state index contributed by atoms with van der Waals surface area (Å²) in [5.74, 6) is 1.02. The average molecular weight is 249 g/mol. The summed E-state index contributed by atoms with van der Waals surface area (Å²) in [6.07, 6.45) is 3.10. The minimum absolute atomic E-state index is 1.02. The van der Waals surface area contributed by atoms with Crippen LogP contribution in [0.15, 0.2) is 6.20 Å². The molecule has 1 aliphatic heterocycles. The Kier molecular flexibility index (Phi) is 1.55. The molecule has 1 aromatic heterocycles. The zero-order chi connectivity index (χ0) is 6.97. The zero-order valence-electron chi connectivity index (χ0n) is 5.47. The molecule has 10 heavy (non-hydrogen) atoms. The van der Waals surface area contributed by atoms with Crippen LogP contribution >= 0.6 is 22.6 Å². The molecule has 0 radical (unpaired) electrons. The highest BCUT2D eigenvalue weighted by Crippen LogP contribution is 2.16. The van der Waals surface area contributed by atoms with E-state index in [1.165, 1.54) is 10.1 Å². The lowest BCUT2D eigenvalue weighted by molar-refractivity contribution is 0.617. The fourth-order valence-corrected chi connectivity index (χ4v) is 1.76. The second-order valence-corrected chi connectivity index (χ2v) is 3.44. The second kappa shape index (κ2) is 2.41. The lowest BCUT2D eigenvalue weighted by atomic mass is 10.4. The third kappa shape index (κ3) is 0.902. The van der Waals surface area contributed by atoms with Crippen LogP contribution in [0.25, 0.3) is 0 Å². The Bertz CT molecular complexity index is 243. The van der Waals surface area contributed by atoms with Gasteiger partial charge >= 0.3 is 0 Å². The van der Waals surface area contributed by atoms with Gasteiger partial charge in [-0.2, -0.15) is 0 Å². The van der Waals surface area contributed by atoms with E-state index in [0.717, 1.165) is 19.0 Å². The molecule has 0 aromatic carbocycles. The molecule has 2 heterocycles. The Morgan fingerprint density at radius 2 is 2.60 bits per heavy atom. The van der Waals surface area contributed by atoms with Gasteiger partial charge in [-0.1, -0.05) is 0 Å². The van der Waals surface area contributed by atoms with E-state index in [1.807, 2.05) is 6.20 Å². The Hall–Kier alpha value is -0.260. The summed E-state index contributed by atoms with van der Waals surface area (Å²) in [4.78, 5) is 4.20. The summed E-state index contributed by atoms with van der Waals surface area (Å²) in [6.45, 7) is 2.17. The Morgan fingerprint density at radius 3 is 3.40 bits per heavy atom. The van der Waals surface area contributed by atoms with Gasteiger partial charge in [0.05, 0.1) is 6.20 Å². The molecule has 3 nitrogen and oxygen atoms in total. The number of fused-ring (bicyclic) bond motifs is 1. The minimum Gasteiger partial charge on any atom is -0.356 e. The van der Waals surface area contributed by atoms with Crippen LogP contribution < -0.4 is 5.32 Å². The molecule has 1 N–H and O–H groups in total. The molecule has 1 aromatic rings. The molecule has 0 amide bonds. The highest BCUT2D eigenvalue weighted by molar-refractivity contribution is 14.1. The van der Waals surface area contributed by atoms with Crippen molar-refractivity contribution in [3.05, 3.63) is 9.90 Å². The first-order valence-electron chi connectivity index (χ1n) is 3.33. The van der Waals surface area contributed by atoms with E-state index < -0.39 is 0 Å². The van der Waals surface area contributed by atoms with E-state index in [-0.39, 0.29) is 0 Å². The highest BCUT2D eigenvalue weighted by Gasteiger charge is 2.10. The first-order chi connectivity index (χ1) is 4.88. The molecule has 0 saturated carbocycles. The number of rotatable bonds is 0. The van der Waals surface area contributed by atoms with Gasteiger partial charge in [0.25, 0.3) is 0 Å². The van der Waals surface area contributed by atoms with Crippen molar-refractivity contribution < 1.29 is 0 Å². The number of aromatic nitrogens is 2. The molecule has 1 aliphatic rings. The van der Waals surface area contributed by atoms with Crippen LogP contribution in [0.2, 0.25) is 0 Å². The quantitative estimate of drug-likeness (QED) is 0.702. The second-order valence-electron chi connectivity index (χ2n) is 2.34. The third-order valence-corrected chi connectivity index (χ3v) is 2.51.